The van der Waals surface area contributed by atoms with Gasteiger partial charge in [-0.3, -0.25) is 14.4 Å². The zero-order chi connectivity index (χ0) is 44.2. The first-order valence-electron chi connectivity index (χ1n) is 26.6. The average molecular weight is 849 g/mol. The van der Waals surface area contributed by atoms with Crippen LogP contribution in [-0.2, 0) is 28.6 Å². The number of unbranched alkanes of at least 4 members (excludes halogenated alkanes) is 30. The summed E-state index contributed by atoms with van der Waals surface area (Å²) in [4.78, 5) is 37.9. The second kappa shape index (κ2) is 45.4. The van der Waals surface area contributed by atoms with Crippen LogP contribution in [0.15, 0.2) is 0 Å². The van der Waals surface area contributed by atoms with Gasteiger partial charge in [-0.05, 0) is 37.0 Å². The Balaban J connectivity index is 4.20. The van der Waals surface area contributed by atoms with Crippen LogP contribution in [-0.4, -0.2) is 37.2 Å². The summed E-state index contributed by atoms with van der Waals surface area (Å²) in [5, 5.41) is 0. The fourth-order valence-electron chi connectivity index (χ4n) is 8.12. The topological polar surface area (TPSA) is 78.9 Å². The van der Waals surface area contributed by atoms with E-state index in [0.717, 1.165) is 75.5 Å². The van der Waals surface area contributed by atoms with Crippen molar-refractivity contribution in [2.45, 2.75) is 298 Å². The van der Waals surface area contributed by atoms with Crippen LogP contribution in [0, 0.1) is 17.8 Å². The minimum Gasteiger partial charge on any atom is -0.462 e. The predicted molar refractivity (Wildman–Crippen MR) is 256 cm³/mol. The molecule has 0 amide bonds. The summed E-state index contributed by atoms with van der Waals surface area (Å²) >= 11 is 0. The monoisotopic (exact) mass is 849 g/mol. The van der Waals surface area contributed by atoms with E-state index in [1.54, 1.807) is 0 Å². The van der Waals surface area contributed by atoms with Gasteiger partial charge in [-0.2, -0.15) is 0 Å². The molecule has 0 N–H and O–H groups in total. The highest BCUT2D eigenvalue weighted by Crippen LogP contribution is 2.18. The molecule has 356 valence electrons. The third-order valence-electron chi connectivity index (χ3n) is 12.1. The van der Waals surface area contributed by atoms with Gasteiger partial charge in [0.1, 0.15) is 13.2 Å². The summed E-state index contributed by atoms with van der Waals surface area (Å²) in [7, 11) is 0. The maximum atomic E-state index is 12.8. The molecule has 0 radical (unpaired) electrons. The summed E-state index contributed by atoms with van der Waals surface area (Å²) in [5.41, 5.74) is 0. The van der Waals surface area contributed by atoms with Crippen LogP contribution in [0.1, 0.15) is 292 Å². The van der Waals surface area contributed by atoms with Crippen molar-refractivity contribution in [3.8, 4) is 0 Å². The van der Waals surface area contributed by atoms with E-state index in [2.05, 4.69) is 41.5 Å². The normalized spacial score (nSPS) is 12.2. The molecule has 6 heteroatoms. The molecule has 0 aromatic heterocycles. The van der Waals surface area contributed by atoms with Crippen LogP contribution in [0.4, 0.5) is 0 Å². The number of hydrogen-bond donors (Lipinski definition) is 0. The van der Waals surface area contributed by atoms with Gasteiger partial charge in [-0.25, -0.2) is 0 Å². The van der Waals surface area contributed by atoms with Gasteiger partial charge in [0, 0.05) is 19.3 Å². The Morgan fingerprint density at radius 2 is 0.483 bits per heavy atom. The number of carbonyl (C=O) groups excluding carboxylic acids is 3. The van der Waals surface area contributed by atoms with Gasteiger partial charge in [0.2, 0.25) is 0 Å². The first kappa shape index (κ1) is 58.4. The fourth-order valence-corrected chi connectivity index (χ4v) is 8.12. The summed E-state index contributed by atoms with van der Waals surface area (Å²) in [6.07, 6.45) is 45.4. The molecule has 0 fully saturated rings. The smallest absolute Gasteiger partial charge is 0.306 e. The van der Waals surface area contributed by atoms with E-state index in [4.69, 9.17) is 14.2 Å². The molecule has 0 aromatic rings. The third-order valence-corrected chi connectivity index (χ3v) is 12.1. The molecule has 1 atom stereocenters. The van der Waals surface area contributed by atoms with Crippen LogP contribution in [0.2, 0.25) is 0 Å². The fraction of sp³-hybridized carbons (Fsp3) is 0.944. The molecule has 0 aromatic carbocycles. The van der Waals surface area contributed by atoms with Crippen molar-refractivity contribution in [2.75, 3.05) is 13.2 Å². The number of hydrogen-bond acceptors (Lipinski definition) is 6. The third kappa shape index (κ3) is 47.5. The molecule has 6 nitrogen and oxygen atoms in total. The maximum Gasteiger partial charge on any atom is 0.306 e. The van der Waals surface area contributed by atoms with Crippen molar-refractivity contribution in [3.63, 3.8) is 0 Å². The lowest BCUT2D eigenvalue weighted by atomic mass is 10.0. The molecule has 0 rings (SSSR count). The Kier molecular flexibility index (Phi) is 44.2. The van der Waals surface area contributed by atoms with E-state index in [9.17, 15) is 14.4 Å². The summed E-state index contributed by atoms with van der Waals surface area (Å²) in [6, 6.07) is 0. The summed E-state index contributed by atoms with van der Waals surface area (Å²) in [5.74, 6) is 1.57. The predicted octanol–water partition coefficient (Wildman–Crippen LogP) is 17.2. The number of esters is 3. The van der Waals surface area contributed by atoms with Gasteiger partial charge in [0.05, 0.1) is 0 Å². The largest absolute Gasteiger partial charge is 0.462 e. The Hall–Kier alpha value is -1.59. The lowest BCUT2D eigenvalue weighted by Crippen LogP contribution is -2.30. The number of rotatable bonds is 47. The molecule has 0 spiro atoms. The molecule has 0 aliphatic carbocycles. The molecule has 0 saturated carbocycles. The molecule has 0 aliphatic heterocycles. The van der Waals surface area contributed by atoms with Gasteiger partial charge in [0.25, 0.3) is 0 Å². The van der Waals surface area contributed by atoms with Crippen LogP contribution in [0.3, 0.4) is 0 Å². The SMILES string of the molecule is CC(C)CCCCCCCCCCCCCCCCCCCCC(=O)O[C@@H](COC(=O)CCCCCCCCCCCC(C)C)COC(=O)CCCCCCCCC(C)C. The van der Waals surface area contributed by atoms with Crippen LogP contribution in [0.5, 0.6) is 0 Å². The molecule has 0 saturated heterocycles. The molecule has 0 unspecified atom stereocenters. The van der Waals surface area contributed by atoms with Gasteiger partial charge in [-0.1, -0.05) is 253 Å². The maximum absolute atomic E-state index is 12.8. The van der Waals surface area contributed by atoms with E-state index >= 15 is 0 Å². The standard InChI is InChI=1S/C54H104O6/c1-48(2)40-34-28-22-18-15-13-11-9-7-8-10-12-14-16-20-25-33-39-45-54(57)60-51(47-59-53(56)44-38-32-27-26-30-36-42-50(5)6)46-58-52(55)43-37-31-24-21-17-19-23-29-35-41-49(3)4/h48-51H,7-47H2,1-6H3/t51-/m0/s1. The molecule has 0 bridgehead atoms. The number of carbonyl (C=O) groups is 3. The van der Waals surface area contributed by atoms with E-state index in [1.807, 2.05) is 0 Å². The Morgan fingerprint density at radius 3 is 0.717 bits per heavy atom. The van der Waals surface area contributed by atoms with Crippen LogP contribution < -0.4 is 0 Å². The molecule has 0 heterocycles. The molecular weight excluding hydrogens is 745 g/mol. The second-order valence-corrected chi connectivity index (χ2v) is 19.9. The lowest BCUT2D eigenvalue weighted by Gasteiger charge is -2.18. The summed E-state index contributed by atoms with van der Waals surface area (Å²) < 4.78 is 16.8. The van der Waals surface area contributed by atoms with E-state index in [1.165, 1.54) is 173 Å². The highest BCUT2D eigenvalue weighted by molar-refractivity contribution is 5.71. The second-order valence-electron chi connectivity index (χ2n) is 19.9. The minimum absolute atomic E-state index is 0.0657. The summed E-state index contributed by atoms with van der Waals surface area (Å²) in [6.45, 7) is 13.7. The minimum atomic E-state index is -0.763. The molecular formula is C54H104O6. The Morgan fingerprint density at radius 1 is 0.283 bits per heavy atom. The average Bonchev–Trinajstić information content (AvgIpc) is 3.20. The number of ether oxygens (including phenoxy) is 3. The molecule has 0 aliphatic rings. The van der Waals surface area contributed by atoms with Crippen molar-refractivity contribution in [3.05, 3.63) is 0 Å². The lowest BCUT2D eigenvalue weighted by molar-refractivity contribution is -0.167. The van der Waals surface area contributed by atoms with Crippen molar-refractivity contribution in [1.82, 2.24) is 0 Å². The zero-order valence-electron chi connectivity index (χ0n) is 41.3. The highest BCUT2D eigenvalue weighted by Gasteiger charge is 2.19. The van der Waals surface area contributed by atoms with Crippen LogP contribution in [0.25, 0.3) is 0 Å². The zero-order valence-corrected chi connectivity index (χ0v) is 41.3. The Bertz CT molecular complexity index is 929. The van der Waals surface area contributed by atoms with Crippen molar-refractivity contribution >= 4 is 17.9 Å². The molecule has 60 heavy (non-hydrogen) atoms. The van der Waals surface area contributed by atoms with Gasteiger partial charge in [-0.15, -0.1) is 0 Å². The quantitative estimate of drug-likeness (QED) is 0.0345. The van der Waals surface area contributed by atoms with Gasteiger partial charge >= 0.3 is 17.9 Å². The highest BCUT2D eigenvalue weighted by atomic mass is 16.6. The van der Waals surface area contributed by atoms with Crippen molar-refractivity contribution in [1.29, 1.82) is 0 Å². The van der Waals surface area contributed by atoms with Gasteiger partial charge in [0.15, 0.2) is 6.10 Å². The van der Waals surface area contributed by atoms with Crippen LogP contribution >= 0.6 is 0 Å². The Labute approximate surface area is 374 Å². The first-order chi connectivity index (χ1) is 29.1. The van der Waals surface area contributed by atoms with E-state index in [-0.39, 0.29) is 31.1 Å². The van der Waals surface area contributed by atoms with Gasteiger partial charge < -0.3 is 14.2 Å². The van der Waals surface area contributed by atoms with E-state index in [0.29, 0.717) is 19.3 Å². The van der Waals surface area contributed by atoms with Crippen molar-refractivity contribution < 1.29 is 28.6 Å². The van der Waals surface area contributed by atoms with Crippen molar-refractivity contribution in [2.24, 2.45) is 17.8 Å². The van der Waals surface area contributed by atoms with E-state index < -0.39 is 6.10 Å². The first-order valence-corrected chi connectivity index (χ1v) is 26.6.